The van der Waals surface area contributed by atoms with Crippen LogP contribution >= 0.6 is 34.8 Å². The van der Waals surface area contributed by atoms with Crippen molar-refractivity contribution >= 4 is 40.8 Å². The average molecular weight is 333 g/mol. The fourth-order valence-electron chi connectivity index (χ4n) is 1.86. The monoisotopic (exact) mass is 331 g/mol. The maximum absolute atomic E-state index is 12.0. The van der Waals surface area contributed by atoms with Crippen LogP contribution in [-0.4, -0.2) is 16.1 Å². The van der Waals surface area contributed by atoms with Gasteiger partial charge in [-0.3, -0.25) is 9.59 Å². The van der Waals surface area contributed by atoms with E-state index in [0.29, 0.717) is 5.56 Å². The van der Waals surface area contributed by atoms with Crippen molar-refractivity contribution in [2.75, 3.05) is 0 Å². The number of aliphatic carboxylic acids is 1. The van der Waals surface area contributed by atoms with Crippen molar-refractivity contribution in [3.63, 3.8) is 0 Å². The standard InChI is InChI=1S/C13H8Cl3NO3/c14-7-1-2-8(15)12(16)11(7)10-6(5-9(18)19)3-4-17-13(10)20/h1-4H,5H2,(H,17,20)(H,18,19). The van der Waals surface area contributed by atoms with Crippen LogP contribution in [0, 0.1) is 0 Å². The van der Waals surface area contributed by atoms with Crippen LogP contribution in [0.5, 0.6) is 0 Å². The van der Waals surface area contributed by atoms with Crippen molar-refractivity contribution in [2.24, 2.45) is 0 Å². The van der Waals surface area contributed by atoms with Gasteiger partial charge in [0.2, 0.25) is 0 Å². The summed E-state index contributed by atoms with van der Waals surface area (Å²) >= 11 is 18.1. The number of H-pyrrole nitrogens is 1. The Morgan fingerprint density at radius 1 is 1.10 bits per heavy atom. The number of carboxylic acids is 1. The molecule has 4 nitrogen and oxygen atoms in total. The van der Waals surface area contributed by atoms with Gasteiger partial charge in [-0.25, -0.2) is 0 Å². The predicted molar refractivity (Wildman–Crippen MR) is 78.9 cm³/mol. The molecule has 0 fully saturated rings. The van der Waals surface area contributed by atoms with Crippen LogP contribution in [0.3, 0.4) is 0 Å². The molecule has 2 aromatic rings. The molecule has 0 amide bonds. The summed E-state index contributed by atoms with van der Waals surface area (Å²) < 4.78 is 0. The van der Waals surface area contributed by atoms with E-state index >= 15 is 0 Å². The minimum Gasteiger partial charge on any atom is -0.481 e. The third-order valence-electron chi connectivity index (χ3n) is 2.68. The summed E-state index contributed by atoms with van der Waals surface area (Å²) in [5.41, 5.74) is 0.188. The summed E-state index contributed by atoms with van der Waals surface area (Å²) in [5, 5.41) is 9.49. The Hall–Kier alpha value is -1.49. The molecule has 1 heterocycles. The molecule has 1 aromatic carbocycles. The van der Waals surface area contributed by atoms with Crippen molar-refractivity contribution in [2.45, 2.75) is 6.42 Å². The molecule has 0 atom stereocenters. The molecule has 20 heavy (non-hydrogen) atoms. The van der Waals surface area contributed by atoms with Crippen LogP contribution in [0.25, 0.3) is 11.1 Å². The second-order valence-electron chi connectivity index (χ2n) is 4.00. The molecule has 0 unspecified atom stereocenters. The molecule has 0 saturated heterocycles. The van der Waals surface area contributed by atoms with Gasteiger partial charge in [0.15, 0.2) is 0 Å². The highest BCUT2D eigenvalue weighted by Gasteiger charge is 2.19. The van der Waals surface area contributed by atoms with E-state index in [9.17, 15) is 9.59 Å². The summed E-state index contributed by atoms with van der Waals surface area (Å²) in [7, 11) is 0. The Morgan fingerprint density at radius 2 is 1.75 bits per heavy atom. The van der Waals surface area contributed by atoms with Gasteiger partial charge < -0.3 is 10.1 Å². The number of benzene rings is 1. The van der Waals surface area contributed by atoms with Crippen LogP contribution in [0.1, 0.15) is 5.56 Å². The number of rotatable bonds is 3. The minimum absolute atomic E-state index is 0.113. The summed E-state index contributed by atoms with van der Waals surface area (Å²) in [4.78, 5) is 25.4. The van der Waals surface area contributed by atoms with E-state index in [1.165, 1.54) is 24.4 Å². The first kappa shape index (κ1) is 14.9. The summed E-state index contributed by atoms with van der Waals surface area (Å²) in [6.45, 7) is 0. The highest BCUT2D eigenvalue weighted by molar-refractivity contribution is 6.46. The summed E-state index contributed by atoms with van der Waals surface area (Å²) in [6.07, 6.45) is 1.05. The third kappa shape index (κ3) is 2.82. The second kappa shape index (κ2) is 5.87. The molecular weight excluding hydrogens is 325 g/mol. The number of hydrogen-bond acceptors (Lipinski definition) is 2. The molecule has 0 aliphatic rings. The van der Waals surface area contributed by atoms with Crippen LogP contribution in [-0.2, 0) is 11.2 Å². The lowest BCUT2D eigenvalue weighted by Crippen LogP contribution is -2.14. The summed E-state index contributed by atoms with van der Waals surface area (Å²) in [6, 6.07) is 4.50. The fourth-order valence-corrected chi connectivity index (χ4v) is 2.58. The van der Waals surface area contributed by atoms with Crippen LogP contribution in [0.2, 0.25) is 15.1 Å². The van der Waals surface area contributed by atoms with Gasteiger partial charge in [0.25, 0.3) is 5.56 Å². The first-order valence-electron chi connectivity index (χ1n) is 5.48. The van der Waals surface area contributed by atoms with Gasteiger partial charge >= 0.3 is 5.97 Å². The van der Waals surface area contributed by atoms with E-state index in [0.717, 1.165) is 0 Å². The maximum Gasteiger partial charge on any atom is 0.307 e. The van der Waals surface area contributed by atoms with E-state index in [1.807, 2.05) is 0 Å². The zero-order valence-electron chi connectivity index (χ0n) is 9.91. The van der Waals surface area contributed by atoms with E-state index in [-0.39, 0.29) is 32.6 Å². The van der Waals surface area contributed by atoms with Gasteiger partial charge in [0.1, 0.15) is 0 Å². The number of carbonyl (C=O) groups is 1. The quantitative estimate of drug-likeness (QED) is 0.843. The van der Waals surface area contributed by atoms with Crippen LogP contribution in [0.4, 0.5) is 0 Å². The van der Waals surface area contributed by atoms with Gasteiger partial charge in [-0.2, -0.15) is 0 Å². The number of aromatic amines is 1. The average Bonchev–Trinajstić information content (AvgIpc) is 2.37. The SMILES string of the molecule is O=C(O)Cc1cc[nH]c(=O)c1-c1c(Cl)ccc(Cl)c1Cl. The highest BCUT2D eigenvalue weighted by Crippen LogP contribution is 2.38. The van der Waals surface area contributed by atoms with Gasteiger partial charge in [-0.15, -0.1) is 0 Å². The largest absolute Gasteiger partial charge is 0.481 e. The molecule has 0 radical (unpaired) electrons. The van der Waals surface area contributed by atoms with Crippen LogP contribution < -0.4 is 5.56 Å². The lowest BCUT2D eigenvalue weighted by Gasteiger charge is -2.11. The van der Waals surface area contributed by atoms with Crippen LogP contribution in [0.15, 0.2) is 29.2 Å². The van der Waals surface area contributed by atoms with Crippen molar-refractivity contribution in [3.8, 4) is 11.1 Å². The predicted octanol–water partition coefficient (Wildman–Crippen LogP) is 3.63. The zero-order chi connectivity index (χ0) is 14.9. The molecule has 0 saturated carbocycles. The molecule has 0 aliphatic heterocycles. The Morgan fingerprint density at radius 3 is 2.40 bits per heavy atom. The van der Waals surface area contributed by atoms with E-state index in [4.69, 9.17) is 39.9 Å². The molecule has 0 bridgehead atoms. The molecule has 104 valence electrons. The molecular formula is C13H8Cl3NO3. The molecule has 2 N–H and O–H groups in total. The molecule has 1 aromatic heterocycles. The Kier molecular flexibility index (Phi) is 4.38. The number of carboxylic acid groups (broad SMARTS) is 1. The first-order valence-corrected chi connectivity index (χ1v) is 6.61. The van der Waals surface area contributed by atoms with Gasteiger partial charge in [0.05, 0.1) is 27.1 Å². The van der Waals surface area contributed by atoms with Crippen molar-refractivity contribution < 1.29 is 9.90 Å². The number of pyridine rings is 1. The Bertz CT molecular complexity index is 740. The van der Waals surface area contributed by atoms with E-state index in [2.05, 4.69) is 4.98 Å². The smallest absolute Gasteiger partial charge is 0.307 e. The normalized spacial score (nSPS) is 10.6. The third-order valence-corrected chi connectivity index (χ3v) is 3.80. The molecule has 2 rings (SSSR count). The van der Waals surface area contributed by atoms with Crippen molar-refractivity contribution in [1.29, 1.82) is 0 Å². The number of hydrogen-bond donors (Lipinski definition) is 2. The van der Waals surface area contributed by atoms with Gasteiger partial charge in [-0.1, -0.05) is 34.8 Å². The van der Waals surface area contributed by atoms with Crippen molar-refractivity contribution in [3.05, 3.63) is 55.4 Å². The topological polar surface area (TPSA) is 70.2 Å². The maximum atomic E-state index is 12.0. The molecule has 0 spiro atoms. The molecule has 7 heteroatoms. The van der Waals surface area contributed by atoms with E-state index < -0.39 is 11.5 Å². The lowest BCUT2D eigenvalue weighted by molar-refractivity contribution is -0.136. The van der Waals surface area contributed by atoms with Gasteiger partial charge in [-0.05, 0) is 23.8 Å². The number of aromatic nitrogens is 1. The Labute approximate surface area is 128 Å². The van der Waals surface area contributed by atoms with E-state index in [1.54, 1.807) is 0 Å². The minimum atomic E-state index is -1.06. The fraction of sp³-hybridized carbons (Fsp3) is 0.0769. The van der Waals surface area contributed by atoms with Gasteiger partial charge in [0, 0.05) is 11.8 Å². The molecule has 0 aliphatic carbocycles. The number of halogens is 3. The Balaban J connectivity index is 2.79. The highest BCUT2D eigenvalue weighted by atomic mass is 35.5. The first-order chi connectivity index (χ1) is 9.41. The summed E-state index contributed by atoms with van der Waals surface area (Å²) in [5.74, 6) is -1.06. The lowest BCUT2D eigenvalue weighted by atomic mass is 9.99. The van der Waals surface area contributed by atoms with Crippen molar-refractivity contribution in [1.82, 2.24) is 4.98 Å². The zero-order valence-corrected chi connectivity index (χ0v) is 12.2. The number of nitrogens with one attached hydrogen (secondary N) is 1. The second-order valence-corrected chi connectivity index (χ2v) is 5.19.